The monoisotopic (exact) mass is 598 g/mol. The van der Waals surface area contributed by atoms with Gasteiger partial charge in [-0.2, -0.15) is 0 Å². The Bertz CT molecular complexity index is 1360. The van der Waals surface area contributed by atoms with Gasteiger partial charge in [0.05, 0.1) is 12.6 Å². The predicted molar refractivity (Wildman–Crippen MR) is 169 cm³/mol. The molecule has 0 aliphatic rings. The maximum absolute atomic E-state index is 14.9. The van der Waals surface area contributed by atoms with Crippen LogP contribution in [-0.4, -0.2) is 31.1 Å². The highest BCUT2D eigenvalue weighted by Crippen LogP contribution is 2.31. The first-order chi connectivity index (χ1) is 20.1. The first-order valence-corrected chi connectivity index (χ1v) is 14.4. The van der Waals surface area contributed by atoms with Crippen LogP contribution in [0.1, 0.15) is 65.5 Å². The lowest BCUT2D eigenvalue weighted by molar-refractivity contribution is -0.104. The molecule has 2 aromatic rings. The zero-order valence-corrected chi connectivity index (χ0v) is 26.4. The number of anilines is 1. The molecule has 1 atom stereocenters. The van der Waals surface area contributed by atoms with E-state index in [-0.39, 0.29) is 22.8 Å². The molecule has 0 radical (unpaired) electrons. The van der Waals surface area contributed by atoms with Crippen molar-refractivity contribution in [3.8, 4) is 5.75 Å². The fraction of sp³-hybridized carbons (Fsp3) is 0.400. The van der Waals surface area contributed by atoms with Crippen molar-refractivity contribution in [2.24, 2.45) is 5.92 Å². The summed E-state index contributed by atoms with van der Waals surface area (Å²) in [5.74, 6) is -0.475. The van der Waals surface area contributed by atoms with Crippen molar-refractivity contribution < 1.29 is 27.4 Å². The summed E-state index contributed by atoms with van der Waals surface area (Å²) in [6, 6.07) is 6.18. The summed E-state index contributed by atoms with van der Waals surface area (Å²) in [6.07, 6.45) is 4.83. The van der Waals surface area contributed by atoms with E-state index in [0.29, 0.717) is 65.8 Å². The number of nitrogens with one attached hydrogen (secondary N) is 2. The Hall–Kier alpha value is -3.78. The van der Waals surface area contributed by atoms with Crippen LogP contribution < -0.4 is 15.4 Å². The van der Waals surface area contributed by atoms with E-state index in [9.17, 15) is 18.0 Å². The average Bonchev–Trinajstić information content (AvgIpc) is 2.89. The van der Waals surface area contributed by atoms with Crippen LogP contribution in [0, 0.1) is 30.3 Å². The van der Waals surface area contributed by atoms with Gasteiger partial charge in [0.1, 0.15) is 40.8 Å². The first kappa shape index (κ1) is 35.4. The summed E-state index contributed by atoms with van der Waals surface area (Å²) in [7, 11) is 0. The number of carbonyl (C=O) groups is 1. The molecule has 0 aliphatic carbocycles. The molecule has 0 heterocycles. The van der Waals surface area contributed by atoms with E-state index in [4.69, 9.17) is 9.47 Å². The predicted octanol–water partition coefficient (Wildman–Crippen LogP) is 8.67. The highest BCUT2D eigenvalue weighted by atomic mass is 19.1. The molecule has 0 spiro atoms. The Morgan fingerprint density at radius 1 is 1.07 bits per heavy atom. The summed E-state index contributed by atoms with van der Waals surface area (Å²) in [5.41, 5.74) is 1.62. The second-order valence-electron chi connectivity index (χ2n) is 11.9. The Labute approximate surface area is 254 Å². The molecule has 2 rings (SSSR count). The minimum absolute atomic E-state index is 0.00204. The van der Waals surface area contributed by atoms with Crippen LogP contribution >= 0.6 is 0 Å². The molecule has 0 aliphatic heterocycles. The summed E-state index contributed by atoms with van der Waals surface area (Å²) in [4.78, 5) is 11.1. The Kier molecular flexibility index (Phi) is 13.3. The molecule has 43 heavy (non-hydrogen) atoms. The normalized spacial score (nSPS) is 13.1. The molecule has 5 nitrogen and oxygen atoms in total. The average molecular weight is 599 g/mol. The summed E-state index contributed by atoms with van der Waals surface area (Å²) >= 11 is 0. The van der Waals surface area contributed by atoms with Crippen LogP contribution in [0.3, 0.4) is 0 Å². The fourth-order valence-corrected chi connectivity index (χ4v) is 4.41. The molecule has 0 saturated carbocycles. The number of benzene rings is 2. The van der Waals surface area contributed by atoms with Crippen molar-refractivity contribution in [2.45, 2.75) is 73.0 Å². The zero-order valence-electron chi connectivity index (χ0n) is 26.4. The third-order valence-electron chi connectivity index (χ3n) is 6.48. The number of carbonyl (C=O) groups excluding carboxylic acids is 1. The minimum Gasteiger partial charge on any atom is -0.493 e. The zero-order chi connectivity index (χ0) is 32.3. The van der Waals surface area contributed by atoms with Crippen molar-refractivity contribution in [3.63, 3.8) is 0 Å². The molecular formula is C35H45F3N2O3. The van der Waals surface area contributed by atoms with Gasteiger partial charge >= 0.3 is 0 Å². The van der Waals surface area contributed by atoms with E-state index >= 15 is 0 Å². The summed E-state index contributed by atoms with van der Waals surface area (Å²) in [6.45, 7) is 22.7. The van der Waals surface area contributed by atoms with Gasteiger partial charge in [0.2, 0.25) is 0 Å². The number of halogens is 3. The van der Waals surface area contributed by atoms with Gasteiger partial charge in [0, 0.05) is 46.3 Å². The Morgan fingerprint density at radius 2 is 1.77 bits per heavy atom. The van der Waals surface area contributed by atoms with Gasteiger partial charge in [-0.15, -0.1) is 0 Å². The quantitative estimate of drug-likeness (QED) is 0.0666. The van der Waals surface area contributed by atoms with Crippen molar-refractivity contribution >= 4 is 17.5 Å². The van der Waals surface area contributed by atoms with Crippen molar-refractivity contribution in [2.75, 3.05) is 18.5 Å². The molecule has 0 aromatic heterocycles. The molecule has 234 valence electrons. The molecule has 2 N–H and O–H groups in total. The topological polar surface area (TPSA) is 59.6 Å². The number of allylic oxidation sites excluding steroid dienone is 5. The molecular weight excluding hydrogens is 553 g/mol. The van der Waals surface area contributed by atoms with Gasteiger partial charge in [-0.1, -0.05) is 27.0 Å². The van der Waals surface area contributed by atoms with Gasteiger partial charge in [0.15, 0.2) is 0 Å². The third-order valence-corrected chi connectivity index (χ3v) is 6.48. The van der Waals surface area contributed by atoms with Gasteiger partial charge in [0.25, 0.3) is 0 Å². The summed E-state index contributed by atoms with van der Waals surface area (Å²) < 4.78 is 54.7. The van der Waals surface area contributed by atoms with Gasteiger partial charge in [-0.3, -0.25) is 4.79 Å². The van der Waals surface area contributed by atoms with Gasteiger partial charge in [-0.05, 0) is 89.8 Å². The standard InChI is InChI=1S/C35H45F3N2O3/c1-22(2)18-34(26(6)43-35(7,8)9)39-15-11-17-42-28-20-31(37)24(4)33(21-28)40-25(5)29(12-10-16-41)23(3)30-14-13-27(36)19-32(30)38/h10,12-14,16,19-22,34,39-40H,3,6,11,15,17-18H2,1-2,4-5,7-9H3/b12-10-,29-25-/t34-/m0/s1. The van der Waals surface area contributed by atoms with Crippen LogP contribution in [0.4, 0.5) is 18.9 Å². The first-order valence-electron chi connectivity index (χ1n) is 14.4. The second kappa shape index (κ2) is 16.2. The van der Waals surface area contributed by atoms with E-state index in [1.165, 1.54) is 24.3 Å². The highest BCUT2D eigenvalue weighted by Gasteiger charge is 2.21. The number of ether oxygens (including phenoxy) is 2. The highest BCUT2D eigenvalue weighted by molar-refractivity contribution is 5.84. The lowest BCUT2D eigenvalue weighted by Crippen LogP contribution is -2.36. The van der Waals surface area contributed by atoms with E-state index in [0.717, 1.165) is 18.6 Å². The lowest BCUT2D eigenvalue weighted by atomic mass is 9.96. The van der Waals surface area contributed by atoms with Gasteiger partial charge in [-0.25, -0.2) is 13.2 Å². The molecule has 0 amide bonds. The largest absolute Gasteiger partial charge is 0.493 e. The molecule has 0 saturated heterocycles. The van der Waals surface area contributed by atoms with Crippen LogP contribution in [0.5, 0.6) is 5.75 Å². The van der Waals surface area contributed by atoms with E-state index in [1.54, 1.807) is 19.9 Å². The summed E-state index contributed by atoms with van der Waals surface area (Å²) in [5, 5.41) is 6.64. The Morgan fingerprint density at radius 3 is 2.37 bits per heavy atom. The van der Waals surface area contributed by atoms with Crippen LogP contribution in [0.15, 0.2) is 72.7 Å². The lowest BCUT2D eigenvalue weighted by Gasteiger charge is -2.29. The maximum Gasteiger partial charge on any atom is 0.142 e. The SMILES string of the molecule is C=C(C(/C=C\C=O)=C(/C)Nc1cc(OCCCN[C@@H](CC(C)C)C(=C)OC(C)(C)C)cc(F)c1C)c1ccc(F)cc1F. The van der Waals surface area contributed by atoms with E-state index in [1.807, 2.05) is 20.8 Å². The molecule has 0 unspecified atom stereocenters. The second-order valence-corrected chi connectivity index (χ2v) is 11.9. The maximum atomic E-state index is 14.9. The smallest absolute Gasteiger partial charge is 0.142 e. The van der Waals surface area contributed by atoms with Crippen molar-refractivity contribution in [1.82, 2.24) is 5.32 Å². The van der Waals surface area contributed by atoms with E-state index < -0.39 is 17.5 Å². The van der Waals surface area contributed by atoms with Gasteiger partial charge < -0.3 is 20.1 Å². The third kappa shape index (κ3) is 11.4. The van der Waals surface area contributed by atoms with Crippen molar-refractivity contribution in [3.05, 3.63) is 101 Å². The molecule has 0 fully saturated rings. The molecule has 8 heteroatoms. The minimum atomic E-state index is -0.788. The van der Waals surface area contributed by atoms with Crippen LogP contribution in [0.25, 0.3) is 5.57 Å². The number of hydrogen-bond acceptors (Lipinski definition) is 5. The fourth-order valence-electron chi connectivity index (χ4n) is 4.41. The number of hydrogen-bond donors (Lipinski definition) is 2. The van der Waals surface area contributed by atoms with Crippen LogP contribution in [-0.2, 0) is 9.53 Å². The number of rotatable bonds is 16. The van der Waals surface area contributed by atoms with Crippen molar-refractivity contribution in [1.29, 1.82) is 0 Å². The molecule has 0 bridgehead atoms. The van der Waals surface area contributed by atoms with Crippen LogP contribution in [0.2, 0.25) is 0 Å². The Balaban J connectivity index is 2.16. The molecule has 2 aromatic carbocycles. The number of aldehydes is 1. The van der Waals surface area contributed by atoms with E-state index in [2.05, 4.69) is 37.6 Å².